The van der Waals surface area contributed by atoms with Gasteiger partial charge in [0.1, 0.15) is 5.60 Å². The molecule has 0 unspecified atom stereocenters. The third-order valence-corrected chi connectivity index (χ3v) is 4.73. The van der Waals surface area contributed by atoms with Crippen molar-refractivity contribution in [3.63, 3.8) is 0 Å². The minimum absolute atomic E-state index is 0.0451. The Morgan fingerprint density at radius 2 is 1.93 bits per heavy atom. The highest BCUT2D eigenvalue weighted by Crippen LogP contribution is 2.18. The predicted octanol–water partition coefficient (Wildman–Crippen LogP) is 3.28. The number of ether oxygens (including phenoxy) is 2. The maximum absolute atomic E-state index is 12.2. The van der Waals surface area contributed by atoms with Gasteiger partial charge in [0.15, 0.2) is 5.69 Å². The van der Waals surface area contributed by atoms with Gasteiger partial charge in [0.05, 0.1) is 25.2 Å². The minimum atomic E-state index is -0.536. The number of aryl methyl sites for hydroxylation is 1. The standard InChI is InChI=1S/C21H29N3O4S/c1-5-27-20(26)19-17(13-22-14-18(25)28-21(2,3)4)24(15-23-19)11-12-29-16-9-7-6-8-10-16/h6-10,15,22H,5,11-14H2,1-4H3. The van der Waals surface area contributed by atoms with Crippen LogP contribution in [0.4, 0.5) is 0 Å². The Bertz CT molecular complexity index is 800. The molecule has 2 rings (SSSR count). The lowest BCUT2D eigenvalue weighted by molar-refractivity contribution is -0.153. The van der Waals surface area contributed by atoms with E-state index in [1.165, 1.54) is 4.90 Å². The molecule has 1 heterocycles. The zero-order valence-electron chi connectivity index (χ0n) is 17.4. The quantitative estimate of drug-likeness (QED) is 0.467. The van der Waals surface area contributed by atoms with E-state index >= 15 is 0 Å². The lowest BCUT2D eigenvalue weighted by Crippen LogP contribution is -2.32. The van der Waals surface area contributed by atoms with Gasteiger partial charge in [-0.1, -0.05) is 18.2 Å². The highest BCUT2D eigenvalue weighted by atomic mass is 32.2. The fourth-order valence-electron chi connectivity index (χ4n) is 2.59. The molecule has 0 spiro atoms. The van der Waals surface area contributed by atoms with E-state index in [2.05, 4.69) is 22.4 Å². The Kier molecular flexibility index (Phi) is 8.72. The van der Waals surface area contributed by atoms with Crippen LogP contribution in [0.25, 0.3) is 0 Å². The molecular weight excluding hydrogens is 390 g/mol. The van der Waals surface area contributed by atoms with Crippen LogP contribution >= 0.6 is 11.8 Å². The summed E-state index contributed by atoms with van der Waals surface area (Å²) in [5.74, 6) is 0.0127. The predicted molar refractivity (Wildman–Crippen MR) is 113 cm³/mol. The topological polar surface area (TPSA) is 82.5 Å². The van der Waals surface area contributed by atoms with Crippen LogP contribution in [-0.4, -0.2) is 46.0 Å². The normalized spacial score (nSPS) is 11.3. The van der Waals surface area contributed by atoms with Crippen molar-refractivity contribution in [2.24, 2.45) is 0 Å². The van der Waals surface area contributed by atoms with Gasteiger partial charge >= 0.3 is 11.9 Å². The van der Waals surface area contributed by atoms with Crippen molar-refractivity contribution in [1.29, 1.82) is 0 Å². The zero-order valence-corrected chi connectivity index (χ0v) is 18.3. The maximum Gasteiger partial charge on any atom is 0.358 e. The summed E-state index contributed by atoms with van der Waals surface area (Å²) in [5.41, 5.74) is 0.430. The van der Waals surface area contributed by atoms with Crippen molar-refractivity contribution in [2.45, 2.75) is 51.3 Å². The van der Waals surface area contributed by atoms with Gasteiger partial charge < -0.3 is 19.4 Å². The number of carbonyl (C=O) groups excluding carboxylic acids is 2. The number of thioether (sulfide) groups is 1. The summed E-state index contributed by atoms with van der Waals surface area (Å²) in [4.78, 5) is 29.6. The minimum Gasteiger partial charge on any atom is -0.461 e. The summed E-state index contributed by atoms with van der Waals surface area (Å²) in [7, 11) is 0. The molecule has 0 aliphatic carbocycles. The van der Waals surface area contributed by atoms with E-state index in [9.17, 15) is 9.59 Å². The highest BCUT2D eigenvalue weighted by Gasteiger charge is 2.20. The monoisotopic (exact) mass is 419 g/mol. The molecule has 8 heteroatoms. The zero-order chi connectivity index (χ0) is 21.3. The SMILES string of the molecule is CCOC(=O)c1ncn(CCSc2ccccc2)c1CNCC(=O)OC(C)(C)C. The fraction of sp³-hybridized carbons (Fsp3) is 0.476. The number of rotatable bonds is 10. The van der Waals surface area contributed by atoms with Gasteiger partial charge in [-0.15, -0.1) is 11.8 Å². The van der Waals surface area contributed by atoms with Crippen LogP contribution in [-0.2, 0) is 27.4 Å². The molecule has 0 atom stereocenters. The number of hydrogen-bond acceptors (Lipinski definition) is 7. The number of imidazole rings is 1. The van der Waals surface area contributed by atoms with E-state index in [1.54, 1.807) is 25.0 Å². The number of nitrogens with one attached hydrogen (secondary N) is 1. The second kappa shape index (κ2) is 11.0. The average molecular weight is 420 g/mol. The number of esters is 2. The molecule has 0 amide bonds. The van der Waals surface area contributed by atoms with Crippen molar-refractivity contribution in [3.8, 4) is 0 Å². The van der Waals surface area contributed by atoms with Crippen molar-refractivity contribution in [2.75, 3.05) is 18.9 Å². The number of carbonyl (C=O) groups is 2. The van der Waals surface area contributed by atoms with Gasteiger partial charge in [0, 0.05) is 23.7 Å². The summed E-state index contributed by atoms with van der Waals surface area (Å²) in [6.07, 6.45) is 1.64. The largest absolute Gasteiger partial charge is 0.461 e. The van der Waals surface area contributed by atoms with Crippen LogP contribution in [0.15, 0.2) is 41.6 Å². The number of aromatic nitrogens is 2. The summed E-state index contributed by atoms with van der Waals surface area (Å²) < 4.78 is 12.3. The summed E-state index contributed by atoms with van der Waals surface area (Å²) >= 11 is 1.73. The molecule has 7 nitrogen and oxygen atoms in total. The Morgan fingerprint density at radius 1 is 1.21 bits per heavy atom. The Morgan fingerprint density at radius 3 is 2.59 bits per heavy atom. The summed E-state index contributed by atoms with van der Waals surface area (Å²) in [6, 6.07) is 10.1. The molecule has 0 bridgehead atoms. The number of hydrogen-bond donors (Lipinski definition) is 1. The lowest BCUT2D eigenvalue weighted by atomic mass is 10.2. The first kappa shape index (κ1) is 23.0. The molecule has 1 aromatic heterocycles. The molecule has 29 heavy (non-hydrogen) atoms. The van der Waals surface area contributed by atoms with Crippen LogP contribution in [0.2, 0.25) is 0 Å². The van der Waals surface area contributed by atoms with Crippen molar-refractivity contribution in [1.82, 2.24) is 14.9 Å². The van der Waals surface area contributed by atoms with E-state index in [0.717, 1.165) is 5.75 Å². The first-order valence-electron chi connectivity index (χ1n) is 9.61. The molecular formula is C21H29N3O4S. The van der Waals surface area contributed by atoms with Crippen LogP contribution in [0.1, 0.15) is 43.9 Å². The molecule has 158 valence electrons. The number of nitrogens with zero attached hydrogens (tertiary/aromatic N) is 2. The first-order valence-corrected chi connectivity index (χ1v) is 10.6. The number of benzene rings is 1. The molecule has 0 fully saturated rings. The second-order valence-corrected chi connectivity index (χ2v) is 8.47. The Hall–Kier alpha value is -2.32. The van der Waals surface area contributed by atoms with Gasteiger partial charge in [-0.3, -0.25) is 4.79 Å². The van der Waals surface area contributed by atoms with Gasteiger partial charge in [0.25, 0.3) is 0 Å². The third-order valence-electron chi connectivity index (χ3n) is 3.74. The van der Waals surface area contributed by atoms with E-state index in [4.69, 9.17) is 9.47 Å². The second-order valence-electron chi connectivity index (χ2n) is 7.31. The first-order chi connectivity index (χ1) is 13.8. The Balaban J connectivity index is 2.00. The van der Waals surface area contributed by atoms with Gasteiger partial charge in [-0.2, -0.15) is 0 Å². The molecule has 0 aliphatic heterocycles. The van der Waals surface area contributed by atoms with Crippen LogP contribution < -0.4 is 5.32 Å². The fourth-order valence-corrected chi connectivity index (χ4v) is 3.47. The van der Waals surface area contributed by atoms with Crippen molar-refractivity contribution < 1.29 is 19.1 Å². The third kappa shape index (κ3) is 7.91. The molecule has 1 aromatic carbocycles. The van der Waals surface area contributed by atoms with E-state index in [0.29, 0.717) is 18.8 Å². The molecule has 0 saturated carbocycles. The molecule has 0 saturated heterocycles. The molecule has 0 radical (unpaired) electrons. The summed E-state index contributed by atoms with van der Waals surface area (Å²) in [5, 5.41) is 3.05. The average Bonchev–Trinajstić information content (AvgIpc) is 3.04. The lowest BCUT2D eigenvalue weighted by Gasteiger charge is -2.19. The summed E-state index contributed by atoms with van der Waals surface area (Å²) in [6.45, 7) is 8.53. The van der Waals surface area contributed by atoms with Gasteiger partial charge in [-0.25, -0.2) is 9.78 Å². The van der Waals surface area contributed by atoms with E-state index < -0.39 is 11.6 Å². The Labute approximate surface area is 176 Å². The van der Waals surface area contributed by atoms with Gasteiger partial charge in [-0.05, 0) is 39.8 Å². The van der Waals surface area contributed by atoms with E-state index in [-0.39, 0.29) is 24.8 Å². The van der Waals surface area contributed by atoms with Crippen molar-refractivity contribution in [3.05, 3.63) is 48.0 Å². The smallest absolute Gasteiger partial charge is 0.358 e. The highest BCUT2D eigenvalue weighted by molar-refractivity contribution is 7.99. The van der Waals surface area contributed by atoms with Gasteiger partial charge in [0.2, 0.25) is 0 Å². The van der Waals surface area contributed by atoms with E-state index in [1.807, 2.05) is 43.5 Å². The van der Waals surface area contributed by atoms with Crippen LogP contribution in [0, 0.1) is 0 Å². The molecule has 1 N–H and O–H groups in total. The molecule has 2 aromatic rings. The maximum atomic E-state index is 12.2. The van der Waals surface area contributed by atoms with Crippen molar-refractivity contribution >= 4 is 23.7 Å². The van der Waals surface area contributed by atoms with Crippen LogP contribution in [0.5, 0.6) is 0 Å². The van der Waals surface area contributed by atoms with Crippen LogP contribution in [0.3, 0.4) is 0 Å². The molecule has 0 aliphatic rings.